The molecule has 0 aromatic rings. The van der Waals surface area contributed by atoms with Crippen LogP contribution in [0.15, 0.2) is 12.7 Å². The second-order valence-corrected chi connectivity index (χ2v) is 33.6. The van der Waals surface area contributed by atoms with Crippen LogP contribution >= 0.6 is 7.71 Å². The van der Waals surface area contributed by atoms with Crippen molar-refractivity contribution < 1.29 is 0 Å². The van der Waals surface area contributed by atoms with Gasteiger partial charge in [0.05, 0.1) is 6.16 Å². The van der Waals surface area contributed by atoms with Gasteiger partial charge in [0.25, 0.3) is 0 Å². The molecule has 0 aliphatic carbocycles. The first-order valence-corrected chi connectivity index (χ1v) is 24.2. The van der Waals surface area contributed by atoms with Gasteiger partial charge in [-0.3, -0.25) is 4.00 Å². The van der Waals surface area contributed by atoms with E-state index in [2.05, 4.69) is 95.2 Å². The largest absolute Gasteiger partial charge is 0.491 e. The van der Waals surface area contributed by atoms with E-state index in [4.69, 9.17) is 9.51 Å². The predicted octanol–water partition coefficient (Wildman–Crippen LogP) is 7.32. The van der Waals surface area contributed by atoms with Crippen molar-refractivity contribution >= 4 is 40.7 Å². The van der Waals surface area contributed by atoms with Crippen molar-refractivity contribution in [3.63, 3.8) is 0 Å². The fourth-order valence-corrected chi connectivity index (χ4v) is 31.4. The maximum Gasteiger partial charge on any atom is 0.150 e. The van der Waals surface area contributed by atoms with E-state index in [1.807, 2.05) is 0 Å². The summed E-state index contributed by atoms with van der Waals surface area (Å²) in [7, 11) is -8.15. The van der Waals surface area contributed by atoms with Gasteiger partial charge in [-0.05, 0) is 16.5 Å². The zero-order chi connectivity index (χ0) is 18.9. The second kappa shape index (κ2) is 7.66. The quantitative estimate of drug-likeness (QED) is 0.224. The van der Waals surface area contributed by atoms with Crippen LogP contribution in [0.3, 0.4) is 0 Å². The Morgan fingerprint density at radius 3 is 1.22 bits per heavy atom. The summed E-state index contributed by atoms with van der Waals surface area (Å²) in [6.07, 6.45) is 3.05. The number of nitrogens with zero attached hydrogens (tertiary/aromatic N) is 3. The van der Waals surface area contributed by atoms with Gasteiger partial charge in [-0.15, -0.1) is 0 Å². The normalized spacial score (nSPS) is 15.2. The highest BCUT2D eigenvalue weighted by molar-refractivity contribution is 7.86. The van der Waals surface area contributed by atoms with Gasteiger partial charge >= 0.3 is 0 Å². The molecule has 0 saturated carbocycles. The Kier molecular flexibility index (Phi) is 7.96. The summed E-state index contributed by atoms with van der Waals surface area (Å²) < 4.78 is 14.1. The van der Waals surface area contributed by atoms with E-state index in [0.29, 0.717) is 0 Å². The fraction of sp³-hybridized carbons (Fsp3) is 0.867. The molecular formula is C15H41N3PSi4-. The van der Waals surface area contributed by atoms with Crippen molar-refractivity contribution in [2.24, 2.45) is 0 Å². The molecule has 0 N–H and O–H groups in total. The van der Waals surface area contributed by atoms with Crippen LogP contribution in [0.1, 0.15) is 0 Å². The van der Waals surface area contributed by atoms with Gasteiger partial charge < -0.3 is 9.51 Å². The lowest BCUT2D eigenvalue weighted by atomic mass is 10.8. The van der Waals surface area contributed by atoms with Gasteiger partial charge in [0, 0.05) is 0 Å². The molecule has 0 saturated heterocycles. The van der Waals surface area contributed by atoms with Crippen molar-refractivity contribution in [2.45, 2.75) is 78.6 Å². The van der Waals surface area contributed by atoms with E-state index in [0.717, 1.165) is 6.16 Å². The SMILES string of the molecule is C=CC[P+]([N-][Si](C)(C)C)([N-][Si](C)(C)C)N([Si](C)(C)C)[Si](C)(C)C. The molecule has 0 atom stereocenters. The minimum Gasteiger partial charge on any atom is -0.491 e. The Balaban J connectivity index is 6.38. The average Bonchev–Trinajstić information content (AvgIpc) is 2.04. The van der Waals surface area contributed by atoms with Crippen LogP contribution in [-0.2, 0) is 0 Å². The minimum atomic E-state index is -1.88. The van der Waals surface area contributed by atoms with Crippen LogP contribution in [0.5, 0.6) is 0 Å². The summed E-state index contributed by atoms with van der Waals surface area (Å²) in [6.45, 7) is 33.1. The van der Waals surface area contributed by atoms with E-state index >= 15 is 0 Å². The predicted molar refractivity (Wildman–Crippen MR) is 124 cm³/mol. The highest BCUT2D eigenvalue weighted by Gasteiger charge is 2.46. The molecule has 0 aromatic carbocycles. The topological polar surface area (TPSA) is 31.4 Å². The first-order valence-electron chi connectivity index (χ1n) is 8.63. The lowest BCUT2D eigenvalue weighted by Crippen LogP contribution is -2.59. The van der Waals surface area contributed by atoms with Crippen LogP contribution in [0.2, 0.25) is 78.6 Å². The first-order chi connectivity index (χ1) is 9.84. The maximum atomic E-state index is 5.59. The molecule has 0 heterocycles. The Morgan fingerprint density at radius 1 is 0.739 bits per heavy atom. The van der Waals surface area contributed by atoms with Crippen LogP contribution in [0.4, 0.5) is 0 Å². The van der Waals surface area contributed by atoms with Crippen molar-refractivity contribution in [1.82, 2.24) is 4.00 Å². The molecule has 0 spiro atoms. The van der Waals surface area contributed by atoms with Crippen LogP contribution in [0, 0.1) is 0 Å². The van der Waals surface area contributed by atoms with Crippen molar-refractivity contribution in [3.8, 4) is 0 Å². The smallest absolute Gasteiger partial charge is 0.150 e. The number of hydrogen-bond acceptors (Lipinski definition) is 1. The van der Waals surface area contributed by atoms with Crippen molar-refractivity contribution in [1.29, 1.82) is 0 Å². The third-order valence-electron chi connectivity index (χ3n) is 2.89. The Hall–Kier alpha value is 0.918. The molecule has 0 radical (unpaired) electrons. The minimum absolute atomic E-state index is 0.954. The number of rotatable bonds is 9. The Morgan fingerprint density at radius 2 is 1.04 bits per heavy atom. The van der Waals surface area contributed by atoms with Crippen LogP contribution in [-0.4, -0.2) is 43.1 Å². The Labute approximate surface area is 151 Å². The van der Waals surface area contributed by atoms with Gasteiger partial charge in [-0.2, -0.15) is 0 Å². The molecule has 0 aliphatic rings. The molecule has 23 heavy (non-hydrogen) atoms. The molecule has 3 nitrogen and oxygen atoms in total. The molecule has 0 aromatic heterocycles. The highest BCUT2D eigenvalue weighted by Crippen LogP contribution is 2.77. The van der Waals surface area contributed by atoms with Gasteiger partial charge in [-0.1, -0.05) is 98.9 Å². The third-order valence-corrected chi connectivity index (χ3v) is 23.7. The molecule has 0 aliphatic heterocycles. The lowest BCUT2D eigenvalue weighted by Gasteiger charge is -2.67. The molecule has 0 rings (SSSR count). The lowest BCUT2D eigenvalue weighted by molar-refractivity contribution is 0.957. The van der Waals surface area contributed by atoms with E-state index < -0.39 is 40.7 Å². The summed E-state index contributed by atoms with van der Waals surface area (Å²) >= 11 is 0. The molecule has 8 heteroatoms. The average molecular weight is 407 g/mol. The van der Waals surface area contributed by atoms with E-state index in [-0.39, 0.29) is 0 Å². The summed E-state index contributed by atoms with van der Waals surface area (Å²) in [6, 6.07) is 0. The molecule has 138 valence electrons. The highest BCUT2D eigenvalue weighted by atomic mass is 31.2. The van der Waals surface area contributed by atoms with Gasteiger partial charge in [0.2, 0.25) is 0 Å². The third kappa shape index (κ3) is 8.22. The summed E-state index contributed by atoms with van der Waals surface area (Å²) in [5, 5.41) is 0. The zero-order valence-electron chi connectivity index (χ0n) is 17.8. The fourth-order valence-electron chi connectivity index (χ4n) is 3.38. The summed E-state index contributed by atoms with van der Waals surface area (Å²) in [5.41, 5.74) is 0. The van der Waals surface area contributed by atoms with E-state index in [9.17, 15) is 0 Å². The standard InChI is InChI=1S/C15H41N3PSi4/c1-14-15-19(16-20(2,3)4,17-21(5,6)7)18(22(8,9)10)23(11,12)13/h14H,1,15H2,2-13H3/q-1. The van der Waals surface area contributed by atoms with Crippen molar-refractivity contribution in [2.75, 3.05) is 6.16 Å². The molecular weight excluding hydrogens is 366 g/mol. The summed E-state index contributed by atoms with van der Waals surface area (Å²) in [5.74, 6) is 0. The van der Waals surface area contributed by atoms with Gasteiger partial charge in [-0.25, -0.2) is 0 Å². The first kappa shape index (κ1) is 23.9. The van der Waals surface area contributed by atoms with Gasteiger partial charge in [0.15, 0.2) is 16.5 Å². The Bertz CT molecular complexity index is 373. The number of hydrogen-bond donors (Lipinski definition) is 0. The zero-order valence-corrected chi connectivity index (χ0v) is 22.7. The molecule has 0 fully saturated rings. The maximum absolute atomic E-state index is 5.59. The second-order valence-electron chi connectivity index (χ2n) is 10.4. The van der Waals surface area contributed by atoms with Gasteiger partial charge in [0.1, 0.15) is 0 Å². The number of allylic oxidation sites excluding steroid dienone is 1. The van der Waals surface area contributed by atoms with Crippen LogP contribution in [0.25, 0.3) is 9.51 Å². The molecule has 0 amide bonds. The monoisotopic (exact) mass is 406 g/mol. The van der Waals surface area contributed by atoms with Crippen molar-refractivity contribution in [3.05, 3.63) is 22.2 Å². The summed E-state index contributed by atoms with van der Waals surface area (Å²) in [4.78, 5) is 0. The van der Waals surface area contributed by atoms with E-state index in [1.165, 1.54) is 0 Å². The van der Waals surface area contributed by atoms with Crippen LogP contribution < -0.4 is 0 Å². The van der Waals surface area contributed by atoms with E-state index in [1.54, 1.807) is 0 Å². The molecule has 0 bridgehead atoms. The molecule has 0 unspecified atom stereocenters.